The van der Waals surface area contributed by atoms with Crippen LogP contribution in [-0.4, -0.2) is 86.3 Å². The summed E-state index contributed by atoms with van der Waals surface area (Å²) in [6, 6.07) is 8.25. The van der Waals surface area contributed by atoms with Gasteiger partial charge in [0, 0.05) is 52.6 Å². The van der Waals surface area contributed by atoms with Crippen LogP contribution in [0.25, 0.3) is 21.8 Å². The number of thioether (sulfide) groups is 1. The Labute approximate surface area is 281 Å². The van der Waals surface area contributed by atoms with Crippen molar-refractivity contribution in [2.45, 2.75) is 18.3 Å². The number of phenols is 2. The van der Waals surface area contributed by atoms with Crippen LogP contribution < -0.4 is 14.4 Å². The van der Waals surface area contributed by atoms with Crippen molar-refractivity contribution in [2.24, 2.45) is 5.92 Å². The molecule has 0 radical (unpaired) electrons. The predicted molar refractivity (Wildman–Crippen MR) is 180 cm³/mol. The number of amides is 2. The van der Waals surface area contributed by atoms with Gasteiger partial charge in [0.1, 0.15) is 11.4 Å². The second-order valence-corrected chi connectivity index (χ2v) is 13.6. The number of phenolic OH excluding ortho intramolecular Hbond substituents is 2. The number of aromatic hydroxyl groups is 2. The molecule has 1 unspecified atom stereocenters. The summed E-state index contributed by atoms with van der Waals surface area (Å²) in [7, 11) is 2.86. The third kappa shape index (κ3) is 3.82. The minimum atomic E-state index is -0.576. The maximum absolute atomic E-state index is 14.2. The van der Waals surface area contributed by atoms with Crippen LogP contribution >= 0.6 is 11.8 Å². The number of anilines is 1. The van der Waals surface area contributed by atoms with Gasteiger partial charge in [-0.15, -0.1) is 0 Å². The Hall–Kier alpha value is -5.63. The summed E-state index contributed by atoms with van der Waals surface area (Å²) in [4.78, 5) is 66.4. The van der Waals surface area contributed by atoms with E-state index in [-0.39, 0.29) is 58.0 Å². The molecule has 1 spiro atoms. The average Bonchev–Trinajstić information content (AvgIpc) is 3.73. The summed E-state index contributed by atoms with van der Waals surface area (Å²) in [5, 5.41) is 22.7. The summed E-state index contributed by atoms with van der Waals surface area (Å²) in [6.07, 6.45) is 4.35. The van der Waals surface area contributed by atoms with Crippen molar-refractivity contribution < 1.29 is 38.9 Å². The number of fused-ring (bicyclic) bond motifs is 5. The molecule has 248 valence electrons. The molecule has 3 aromatic heterocycles. The van der Waals surface area contributed by atoms with Crippen LogP contribution in [0.3, 0.4) is 0 Å². The first kappa shape index (κ1) is 29.5. The SMILES string of the molecule is COc1cc2[nH]c(C(=O)N3CC4C[C@@]45C3=CC(=O)c3[nH]c(C(=O)N4CCc6c4c(O)c(OC)c4[nH]c(C(=O)SC)cc64)cc35)cc2cc1O. The number of carbonyl (C=O) groups is 4. The van der Waals surface area contributed by atoms with E-state index >= 15 is 0 Å². The fourth-order valence-corrected chi connectivity index (χ4v) is 8.52. The van der Waals surface area contributed by atoms with Crippen molar-refractivity contribution >= 4 is 62.0 Å². The van der Waals surface area contributed by atoms with Gasteiger partial charge in [-0.05, 0) is 60.4 Å². The number of aromatic nitrogens is 3. The van der Waals surface area contributed by atoms with Crippen molar-refractivity contribution in [3.05, 3.63) is 76.0 Å². The van der Waals surface area contributed by atoms with Gasteiger partial charge in [-0.1, -0.05) is 11.8 Å². The molecular weight excluding hydrogens is 650 g/mol. The number of methoxy groups -OCH3 is 2. The molecule has 5 aromatic rings. The summed E-state index contributed by atoms with van der Waals surface area (Å²) in [5.41, 5.74) is 4.03. The summed E-state index contributed by atoms with van der Waals surface area (Å²) in [5.74, 6) is -0.833. The molecule has 2 amide bonds. The number of hydrogen-bond acceptors (Lipinski definition) is 9. The van der Waals surface area contributed by atoms with Crippen LogP contribution in [0.5, 0.6) is 23.0 Å². The molecule has 13 nitrogen and oxygen atoms in total. The minimum absolute atomic E-state index is 0.0402. The predicted octanol–water partition coefficient (Wildman–Crippen LogP) is 4.61. The largest absolute Gasteiger partial charge is 0.504 e. The van der Waals surface area contributed by atoms with E-state index in [1.54, 1.807) is 35.4 Å². The topological polar surface area (TPSA) is 181 Å². The molecule has 2 aromatic carbocycles. The molecule has 1 saturated heterocycles. The molecule has 2 fully saturated rings. The van der Waals surface area contributed by atoms with E-state index in [4.69, 9.17) is 9.47 Å². The van der Waals surface area contributed by atoms with Gasteiger partial charge in [0.25, 0.3) is 11.8 Å². The lowest BCUT2D eigenvalue weighted by Crippen LogP contribution is -2.33. The van der Waals surface area contributed by atoms with Gasteiger partial charge in [-0.25, -0.2) is 0 Å². The van der Waals surface area contributed by atoms with E-state index in [1.807, 2.05) is 0 Å². The molecular formula is C35H29N5O8S. The number of likely N-dealkylation sites (tertiary alicyclic amines) is 1. The van der Waals surface area contributed by atoms with Crippen LogP contribution in [0.15, 0.2) is 42.1 Å². The van der Waals surface area contributed by atoms with Crippen LogP contribution in [0.2, 0.25) is 0 Å². The van der Waals surface area contributed by atoms with Crippen molar-refractivity contribution in [3.63, 3.8) is 0 Å². The first-order valence-corrected chi connectivity index (χ1v) is 16.9. The van der Waals surface area contributed by atoms with Gasteiger partial charge in [0.2, 0.25) is 10.9 Å². The van der Waals surface area contributed by atoms with Crippen LogP contribution in [-0.2, 0) is 11.8 Å². The molecule has 14 heteroatoms. The van der Waals surface area contributed by atoms with E-state index in [0.29, 0.717) is 74.4 Å². The average molecular weight is 680 g/mol. The number of nitrogens with one attached hydrogen (secondary N) is 3. The normalized spacial score (nSPS) is 20.3. The number of aromatic amines is 3. The number of piperidine rings is 1. The molecule has 49 heavy (non-hydrogen) atoms. The number of ether oxygens (including phenoxy) is 2. The Morgan fingerprint density at radius 3 is 2.49 bits per heavy atom. The zero-order valence-corrected chi connectivity index (χ0v) is 27.3. The van der Waals surface area contributed by atoms with Crippen molar-refractivity contribution in [1.82, 2.24) is 19.9 Å². The van der Waals surface area contributed by atoms with Crippen molar-refractivity contribution in [1.29, 1.82) is 0 Å². The molecule has 0 bridgehead atoms. The van der Waals surface area contributed by atoms with Crippen LogP contribution in [0.4, 0.5) is 5.69 Å². The Morgan fingerprint density at radius 2 is 1.73 bits per heavy atom. The van der Waals surface area contributed by atoms with E-state index in [1.165, 1.54) is 31.3 Å². The number of carbonyl (C=O) groups excluding carboxylic acids is 4. The van der Waals surface area contributed by atoms with Gasteiger partial charge in [0.05, 0.1) is 36.8 Å². The van der Waals surface area contributed by atoms with Gasteiger partial charge in [0.15, 0.2) is 23.0 Å². The molecule has 5 N–H and O–H groups in total. The maximum Gasteiger partial charge on any atom is 0.274 e. The number of allylic oxidation sites excluding steroid dienone is 2. The van der Waals surface area contributed by atoms with E-state index in [9.17, 15) is 29.4 Å². The highest BCUT2D eigenvalue weighted by molar-refractivity contribution is 8.13. The smallest absolute Gasteiger partial charge is 0.274 e. The third-order valence-electron chi connectivity index (χ3n) is 10.5. The van der Waals surface area contributed by atoms with E-state index in [0.717, 1.165) is 18.2 Å². The van der Waals surface area contributed by atoms with Crippen LogP contribution in [0.1, 0.15) is 59.5 Å². The lowest BCUT2D eigenvalue weighted by Gasteiger charge is -2.27. The van der Waals surface area contributed by atoms with Crippen molar-refractivity contribution in [2.75, 3.05) is 38.5 Å². The lowest BCUT2D eigenvalue weighted by molar-refractivity contribution is 0.0806. The quantitative estimate of drug-likeness (QED) is 0.177. The maximum atomic E-state index is 14.2. The first-order valence-electron chi connectivity index (χ1n) is 15.7. The Balaban J connectivity index is 1.05. The molecule has 4 aliphatic rings. The number of hydrogen-bond donors (Lipinski definition) is 5. The van der Waals surface area contributed by atoms with Crippen LogP contribution in [0, 0.1) is 5.92 Å². The molecule has 9 rings (SSSR count). The fraction of sp³-hybridized carbons (Fsp3) is 0.257. The molecule has 2 atom stereocenters. The van der Waals surface area contributed by atoms with Gasteiger partial charge in [-0.3, -0.25) is 19.2 Å². The summed E-state index contributed by atoms with van der Waals surface area (Å²) < 4.78 is 10.7. The van der Waals surface area contributed by atoms with Gasteiger partial charge < -0.3 is 44.4 Å². The minimum Gasteiger partial charge on any atom is -0.504 e. The highest BCUT2D eigenvalue weighted by Gasteiger charge is 2.68. The number of ketones is 1. The zero-order valence-electron chi connectivity index (χ0n) is 26.5. The standard InChI is InChI=1S/C35H29N5O8S/c1-47-25-10-19-14(7-23(25)41)6-20(36-19)33(45)40-13-15-12-35(15)18-9-21(37-28(18)24(42)11-26(35)40)32(44)39-5-4-16-17-8-22(34(46)49-3)38-27(17)31(48-2)30(43)29(16)39/h6-11,15,36-38,41,43H,4-5,12-13H2,1-3H3/t15?,35-/m1/s1. The number of nitrogens with zero attached hydrogens (tertiary/aromatic N) is 2. The Kier molecular flexibility index (Phi) is 5.99. The highest BCUT2D eigenvalue weighted by Crippen LogP contribution is 2.67. The molecule has 5 heterocycles. The number of rotatable bonds is 5. The van der Waals surface area contributed by atoms with Gasteiger partial charge >= 0.3 is 0 Å². The second-order valence-electron chi connectivity index (χ2n) is 12.8. The summed E-state index contributed by atoms with van der Waals surface area (Å²) in [6.45, 7) is 0.683. The van der Waals surface area contributed by atoms with Crippen molar-refractivity contribution in [3.8, 4) is 23.0 Å². The zero-order chi connectivity index (χ0) is 34.1. The Morgan fingerprint density at radius 1 is 0.959 bits per heavy atom. The van der Waals surface area contributed by atoms with Gasteiger partial charge in [-0.2, -0.15) is 0 Å². The third-order valence-corrected chi connectivity index (χ3v) is 11.1. The number of benzene rings is 2. The lowest BCUT2D eigenvalue weighted by atomic mass is 9.85. The number of H-pyrrole nitrogens is 3. The summed E-state index contributed by atoms with van der Waals surface area (Å²) >= 11 is 1.06. The molecule has 2 aliphatic carbocycles. The highest BCUT2D eigenvalue weighted by atomic mass is 32.2. The fourth-order valence-electron chi connectivity index (χ4n) is 8.19. The molecule has 2 aliphatic heterocycles. The Bertz CT molecular complexity index is 2400. The second kappa shape index (κ2) is 9.95. The molecule has 1 saturated carbocycles. The monoisotopic (exact) mass is 679 g/mol. The van der Waals surface area contributed by atoms with E-state index in [2.05, 4.69) is 15.0 Å². The van der Waals surface area contributed by atoms with E-state index < -0.39 is 11.3 Å². The first-order chi connectivity index (χ1) is 23.6.